The van der Waals surface area contributed by atoms with Crippen LogP contribution in [0.3, 0.4) is 0 Å². The molecule has 4 rings (SSSR count). The zero-order chi connectivity index (χ0) is 14.9. The van der Waals surface area contributed by atoms with Crippen molar-refractivity contribution in [3.63, 3.8) is 0 Å². The minimum Gasteiger partial charge on any atom is -0.346 e. The first-order valence-electron chi connectivity index (χ1n) is 7.32. The van der Waals surface area contributed by atoms with Gasteiger partial charge in [0.05, 0.1) is 12.1 Å². The molecule has 1 N–H and O–H groups in total. The normalized spacial score (nSPS) is 20.2. The first kappa shape index (κ1) is 12.9. The van der Waals surface area contributed by atoms with Crippen LogP contribution in [0.2, 0.25) is 0 Å². The van der Waals surface area contributed by atoms with Gasteiger partial charge in [0.1, 0.15) is 0 Å². The van der Waals surface area contributed by atoms with Crippen LogP contribution >= 0.6 is 0 Å². The predicted octanol–water partition coefficient (Wildman–Crippen LogP) is 2.52. The van der Waals surface area contributed by atoms with Crippen LogP contribution in [0.4, 0.5) is 5.95 Å². The summed E-state index contributed by atoms with van der Waals surface area (Å²) in [5, 5.41) is 15.4. The van der Waals surface area contributed by atoms with Crippen LogP contribution in [-0.2, 0) is 0 Å². The molecule has 0 amide bonds. The van der Waals surface area contributed by atoms with E-state index in [2.05, 4.69) is 63.1 Å². The molecule has 0 fully saturated rings. The lowest BCUT2D eigenvalue weighted by molar-refractivity contribution is 0.423. The Bertz CT molecular complexity index is 765. The molecule has 6 heteroatoms. The Balaban J connectivity index is 1.73. The number of nitrogens with one attached hydrogen (secondary N) is 1. The monoisotopic (exact) mass is 292 g/mol. The van der Waals surface area contributed by atoms with E-state index in [1.54, 1.807) is 6.20 Å². The summed E-state index contributed by atoms with van der Waals surface area (Å²) in [5.74, 6) is 0.700. The van der Waals surface area contributed by atoms with Crippen LogP contribution in [0.25, 0.3) is 0 Å². The van der Waals surface area contributed by atoms with Crippen LogP contribution in [0, 0.1) is 6.92 Å². The van der Waals surface area contributed by atoms with Crippen molar-refractivity contribution in [2.24, 2.45) is 0 Å². The summed E-state index contributed by atoms with van der Waals surface area (Å²) in [4.78, 5) is 4.21. The Morgan fingerprint density at radius 3 is 2.77 bits per heavy atom. The lowest BCUT2D eigenvalue weighted by atomic mass is 9.94. The highest BCUT2D eigenvalue weighted by Gasteiger charge is 2.30. The van der Waals surface area contributed by atoms with Gasteiger partial charge in [0, 0.05) is 12.4 Å². The lowest BCUT2D eigenvalue weighted by Crippen LogP contribution is -2.28. The maximum absolute atomic E-state index is 4.21. The molecule has 2 aromatic heterocycles. The molecule has 1 aliphatic heterocycles. The van der Waals surface area contributed by atoms with E-state index in [-0.39, 0.29) is 12.1 Å². The number of hydrogen-bond donors (Lipinski definition) is 1. The number of nitrogens with zero attached hydrogens (tertiary/aromatic N) is 5. The predicted molar refractivity (Wildman–Crippen MR) is 82.4 cm³/mol. The topological polar surface area (TPSA) is 68.5 Å². The van der Waals surface area contributed by atoms with Crippen LogP contribution in [0.15, 0.2) is 48.8 Å². The van der Waals surface area contributed by atoms with E-state index >= 15 is 0 Å². The number of anilines is 1. The van der Waals surface area contributed by atoms with Crippen molar-refractivity contribution in [1.29, 1.82) is 0 Å². The third-order valence-corrected chi connectivity index (χ3v) is 4.10. The highest BCUT2D eigenvalue weighted by atomic mass is 15.6. The largest absolute Gasteiger partial charge is 0.346 e. The minimum absolute atomic E-state index is 0.122. The summed E-state index contributed by atoms with van der Waals surface area (Å²) >= 11 is 0. The van der Waals surface area contributed by atoms with E-state index in [0.29, 0.717) is 5.95 Å². The third-order valence-electron chi connectivity index (χ3n) is 4.10. The van der Waals surface area contributed by atoms with Gasteiger partial charge < -0.3 is 5.32 Å². The number of rotatable bonds is 2. The first-order chi connectivity index (χ1) is 10.8. The van der Waals surface area contributed by atoms with Crippen molar-refractivity contribution in [2.75, 3.05) is 5.32 Å². The fourth-order valence-electron chi connectivity index (χ4n) is 2.90. The fourth-order valence-corrected chi connectivity index (χ4v) is 2.90. The summed E-state index contributed by atoms with van der Waals surface area (Å²) in [5.41, 5.74) is 3.61. The first-order valence-corrected chi connectivity index (χ1v) is 7.32. The average Bonchev–Trinajstić information content (AvgIpc) is 3.04. The zero-order valence-corrected chi connectivity index (χ0v) is 12.2. The van der Waals surface area contributed by atoms with E-state index in [1.807, 2.05) is 16.9 Å². The molecule has 0 unspecified atom stereocenters. The molecular formula is C16H16N6. The van der Waals surface area contributed by atoms with Crippen molar-refractivity contribution in [3.8, 4) is 0 Å². The van der Waals surface area contributed by atoms with Gasteiger partial charge in [0.2, 0.25) is 5.95 Å². The number of tetrazole rings is 1. The van der Waals surface area contributed by atoms with Gasteiger partial charge in [-0.1, -0.05) is 41.0 Å². The van der Waals surface area contributed by atoms with Gasteiger partial charge in [-0.15, -0.1) is 0 Å². The van der Waals surface area contributed by atoms with Crippen molar-refractivity contribution in [3.05, 3.63) is 65.5 Å². The molecule has 0 saturated heterocycles. The number of hydrogen-bond acceptors (Lipinski definition) is 5. The van der Waals surface area contributed by atoms with Gasteiger partial charge >= 0.3 is 0 Å². The van der Waals surface area contributed by atoms with E-state index in [0.717, 1.165) is 12.0 Å². The molecule has 0 bridgehead atoms. The molecule has 1 aliphatic rings. The molecule has 2 atom stereocenters. The van der Waals surface area contributed by atoms with Gasteiger partial charge in [-0.2, -0.15) is 0 Å². The Kier molecular flexibility index (Phi) is 3.07. The summed E-state index contributed by atoms with van der Waals surface area (Å²) in [7, 11) is 0. The maximum Gasteiger partial charge on any atom is 0.243 e. The van der Waals surface area contributed by atoms with E-state index < -0.39 is 0 Å². The molecule has 0 aliphatic carbocycles. The van der Waals surface area contributed by atoms with Crippen molar-refractivity contribution >= 4 is 5.95 Å². The van der Waals surface area contributed by atoms with E-state index in [9.17, 15) is 0 Å². The highest BCUT2D eigenvalue weighted by Crippen LogP contribution is 2.36. The minimum atomic E-state index is 0.122. The van der Waals surface area contributed by atoms with E-state index in [1.165, 1.54) is 11.1 Å². The summed E-state index contributed by atoms with van der Waals surface area (Å²) in [6.45, 7) is 2.09. The number of pyridine rings is 1. The maximum atomic E-state index is 4.21. The Hall–Kier alpha value is -2.76. The Morgan fingerprint density at radius 1 is 1.14 bits per heavy atom. The number of benzene rings is 1. The molecule has 0 radical (unpaired) electrons. The molecular weight excluding hydrogens is 276 g/mol. The van der Waals surface area contributed by atoms with Gasteiger partial charge in [-0.3, -0.25) is 4.98 Å². The molecule has 3 heterocycles. The third kappa shape index (κ3) is 2.22. The molecule has 0 spiro atoms. The second-order valence-electron chi connectivity index (χ2n) is 5.59. The van der Waals surface area contributed by atoms with Crippen molar-refractivity contribution < 1.29 is 0 Å². The fraction of sp³-hybridized carbons (Fsp3) is 0.250. The molecule has 22 heavy (non-hydrogen) atoms. The molecule has 6 nitrogen and oxygen atoms in total. The molecule has 1 aromatic carbocycles. The highest BCUT2D eigenvalue weighted by molar-refractivity contribution is 5.37. The number of aryl methyl sites for hydroxylation is 1. The smallest absolute Gasteiger partial charge is 0.243 e. The van der Waals surface area contributed by atoms with Crippen LogP contribution in [-0.4, -0.2) is 25.2 Å². The SMILES string of the molecule is Cc1ccc([C@@H]2C[C@@H](c3cccnc3)Nc3nnnn32)cc1. The number of aromatic nitrogens is 5. The zero-order valence-electron chi connectivity index (χ0n) is 12.2. The van der Waals surface area contributed by atoms with Crippen LogP contribution < -0.4 is 5.32 Å². The van der Waals surface area contributed by atoms with Gasteiger partial charge in [-0.05, 0) is 41.0 Å². The second-order valence-corrected chi connectivity index (χ2v) is 5.59. The molecule has 0 saturated carbocycles. The summed E-state index contributed by atoms with van der Waals surface area (Å²) in [6, 6.07) is 12.9. The standard InChI is InChI=1S/C16H16N6/c1-11-4-6-12(7-5-11)15-9-14(13-3-2-8-17-10-13)18-16-19-20-21-22(15)16/h2-8,10,14-15H,9H2,1H3,(H,18,19,21)/t14-,15-/m0/s1. The molecule has 110 valence electrons. The quantitative estimate of drug-likeness (QED) is 0.786. The average molecular weight is 292 g/mol. The Morgan fingerprint density at radius 2 is 2.00 bits per heavy atom. The van der Waals surface area contributed by atoms with Gasteiger partial charge in [0.15, 0.2) is 0 Å². The van der Waals surface area contributed by atoms with Crippen LogP contribution in [0.5, 0.6) is 0 Å². The Labute approximate surface area is 128 Å². The lowest BCUT2D eigenvalue weighted by Gasteiger charge is -2.30. The van der Waals surface area contributed by atoms with Crippen molar-refractivity contribution in [1.82, 2.24) is 25.2 Å². The summed E-state index contributed by atoms with van der Waals surface area (Å²) < 4.78 is 1.86. The number of fused-ring (bicyclic) bond motifs is 1. The summed E-state index contributed by atoms with van der Waals surface area (Å²) in [6.07, 6.45) is 4.56. The second kappa shape index (κ2) is 5.22. The van der Waals surface area contributed by atoms with E-state index in [4.69, 9.17) is 0 Å². The van der Waals surface area contributed by atoms with Gasteiger partial charge in [-0.25, -0.2) is 4.68 Å². The van der Waals surface area contributed by atoms with Crippen LogP contribution in [0.1, 0.15) is 35.2 Å². The van der Waals surface area contributed by atoms with Gasteiger partial charge in [0.25, 0.3) is 0 Å². The molecule has 3 aromatic rings. The van der Waals surface area contributed by atoms with Crippen molar-refractivity contribution in [2.45, 2.75) is 25.4 Å².